The number of hydrogen-bond acceptors (Lipinski definition) is 12. The van der Waals surface area contributed by atoms with Gasteiger partial charge in [0, 0.05) is 59.7 Å². The molecule has 4 rings (SSSR count). The summed E-state index contributed by atoms with van der Waals surface area (Å²) in [7, 11) is 3.16. The first-order valence-corrected chi connectivity index (χ1v) is 13.0. The summed E-state index contributed by atoms with van der Waals surface area (Å²) >= 11 is 0. The van der Waals surface area contributed by atoms with Crippen LogP contribution in [-0.4, -0.2) is 91.6 Å². The van der Waals surface area contributed by atoms with Gasteiger partial charge in [-0.05, 0) is 6.08 Å². The van der Waals surface area contributed by atoms with E-state index in [2.05, 4.69) is 10.3 Å². The molecule has 0 spiro atoms. The van der Waals surface area contributed by atoms with Crippen molar-refractivity contribution in [1.82, 2.24) is 28.9 Å². The molecular formula is C26H32N6O10. The molecule has 2 aliphatic rings. The van der Waals surface area contributed by atoms with Crippen LogP contribution in [0, 0.1) is 0 Å². The van der Waals surface area contributed by atoms with Crippen molar-refractivity contribution in [3.63, 3.8) is 0 Å². The fourth-order valence-corrected chi connectivity index (χ4v) is 4.84. The number of carbonyl (C=O) groups excluding carboxylic acids is 4. The third kappa shape index (κ3) is 6.27. The maximum Gasteiger partial charge on any atom is 0.332 e. The number of imidazole rings is 1. The second-order valence-electron chi connectivity index (χ2n) is 9.80. The van der Waals surface area contributed by atoms with Crippen LogP contribution in [0.25, 0.3) is 11.2 Å². The number of aromatic nitrogens is 4. The van der Waals surface area contributed by atoms with Crippen molar-refractivity contribution in [2.45, 2.75) is 51.9 Å². The lowest BCUT2D eigenvalue weighted by Gasteiger charge is -2.33. The highest BCUT2D eigenvalue weighted by atomic mass is 16.7. The van der Waals surface area contributed by atoms with Crippen LogP contribution in [0.1, 0.15) is 20.8 Å². The van der Waals surface area contributed by atoms with Crippen LogP contribution in [0.3, 0.4) is 0 Å². The smallest absolute Gasteiger partial charge is 0.332 e. The molecule has 0 aliphatic carbocycles. The van der Waals surface area contributed by atoms with Crippen molar-refractivity contribution in [2.75, 3.05) is 19.7 Å². The molecule has 1 fully saturated rings. The van der Waals surface area contributed by atoms with E-state index >= 15 is 0 Å². The highest BCUT2D eigenvalue weighted by Gasteiger charge is 2.51. The standard InChI is InChI=1S/C26H32N6O10/c1-14(33)39-12-18-20(40-15(2)34)21(41-16(3)35)25(42-18)31-9-6-7-17(11-31)23(36)27-8-10-32-24(37)19-22(28-13-29(19)4)30(5)26(32)38/h6-7,9,13,18,20-21,25H,8,10-12H2,1-5H3,(H,27,36)/t18-,20-,21-,25-/m1/s1. The molecule has 42 heavy (non-hydrogen) atoms. The Hall–Kier alpha value is -4.73. The molecule has 0 saturated carbocycles. The third-order valence-electron chi connectivity index (χ3n) is 6.71. The molecule has 4 heterocycles. The molecule has 0 bridgehead atoms. The minimum Gasteiger partial charge on any atom is -0.463 e. The Kier molecular flexibility index (Phi) is 8.94. The van der Waals surface area contributed by atoms with Crippen molar-refractivity contribution in [3.05, 3.63) is 51.1 Å². The SMILES string of the molecule is CC(=O)OC[C@H]1O[C@@H](N2C=CC=C(C(=O)NCCn3c(=O)c4c(ncn4C)n(C)c3=O)C2)[C@H](OC(C)=O)[C@@H]1OC(C)=O. The molecule has 226 valence electrons. The summed E-state index contributed by atoms with van der Waals surface area (Å²) < 4.78 is 25.7. The average molecular weight is 589 g/mol. The first-order chi connectivity index (χ1) is 19.9. The fraction of sp³-hybridized carbons (Fsp3) is 0.500. The van der Waals surface area contributed by atoms with E-state index in [0.717, 1.165) is 4.57 Å². The molecule has 2 aromatic rings. The molecule has 2 aliphatic heterocycles. The molecule has 1 amide bonds. The summed E-state index contributed by atoms with van der Waals surface area (Å²) in [6, 6.07) is 0. The number of aryl methyl sites for hydroxylation is 2. The maximum atomic E-state index is 13.0. The lowest BCUT2D eigenvalue weighted by atomic mass is 10.1. The van der Waals surface area contributed by atoms with E-state index in [9.17, 15) is 28.8 Å². The molecule has 4 atom stereocenters. The second kappa shape index (κ2) is 12.4. The summed E-state index contributed by atoms with van der Waals surface area (Å²) in [4.78, 5) is 79.5. The van der Waals surface area contributed by atoms with Crippen LogP contribution in [0.4, 0.5) is 0 Å². The zero-order valence-electron chi connectivity index (χ0n) is 23.8. The van der Waals surface area contributed by atoms with Crippen LogP contribution in [0.5, 0.6) is 0 Å². The van der Waals surface area contributed by atoms with Gasteiger partial charge >= 0.3 is 23.6 Å². The van der Waals surface area contributed by atoms with Crippen LogP contribution in [0.2, 0.25) is 0 Å². The van der Waals surface area contributed by atoms with E-state index in [-0.39, 0.29) is 37.4 Å². The molecular weight excluding hydrogens is 556 g/mol. The van der Waals surface area contributed by atoms with Gasteiger partial charge < -0.3 is 33.7 Å². The van der Waals surface area contributed by atoms with Crippen LogP contribution in [-0.2, 0) is 58.8 Å². The van der Waals surface area contributed by atoms with Gasteiger partial charge in [-0.15, -0.1) is 0 Å². The van der Waals surface area contributed by atoms with Crippen molar-refractivity contribution in [3.8, 4) is 0 Å². The first-order valence-electron chi connectivity index (χ1n) is 13.0. The predicted molar refractivity (Wildman–Crippen MR) is 144 cm³/mol. The topological polar surface area (TPSA) is 182 Å². The fourth-order valence-electron chi connectivity index (χ4n) is 4.84. The molecule has 0 aromatic carbocycles. The molecule has 1 N–H and O–H groups in total. The Bertz CT molecular complexity index is 1580. The predicted octanol–water partition coefficient (Wildman–Crippen LogP) is -1.54. The zero-order valence-corrected chi connectivity index (χ0v) is 23.8. The zero-order chi connectivity index (χ0) is 30.7. The molecule has 16 heteroatoms. The summed E-state index contributed by atoms with van der Waals surface area (Å²) in [5, 5.41) is 2.71. The molecule has 0 radical (unpaired) electrons. The van der Waals surface area contributed by atoms with E-state index in [1.54, 1.807) is 30.3 Å². The highest BCUT2D eigenvalue weighted by molar-refractivity contribution is 5.94. The van der Waals surface area contributed by atoms with Crippen LogP contribution < -0.4 is 16.6 Å². The number of nitrogens with zero attached hydrogens (tertiary/aromatic N) is 5. The molecule has 16 nitrogen and oxygen atoms in total. The Morgan fingerprint density at radius 3 is 2.40 bits per heavy atom. The van der Waals surface area contributed by atoms with Crippen molar-refractivity contribution in [2.24, 2.45) is 14.1 Å². The van der Waals surface area contributed by atoms with E-state index in [1.165, 1.54) is 43.3 Å². The normalized spacial score (nSPS) is 21.6. The Morgan fingerprint density at radius 2 is 1.74 bits per heavy atom. The summed E-state index contributed by atoms with van der Waals surface area (Å²) in [5.41, 5.74) is -0.255. The first kappa shape index (κ1) is 30.2. The van der Waals surface area contributed by atoms with Gasteiger partial charge in [-0.2, -0.15) is 0 Å². The molecule has 1 saturated heterocycles. The number of ether oxygens (including phenoxy) is 4. The summed E-state index contributed by atoms with van der Waals surface area (Å²) in [5.74, 6) is -2.35. The number of amides is 1. The minimum absolute atomic E-state index is 0.0144. The number of carbonyl (C=O) groups is 4. The van der Waals surface area contributed by atoms with E-state index in [0.29, 0.717) is 5.57 Å². The van der Waals surface area contributed by atoms with Crippen LogP contribution >= 0.6 is 0 Å². The number of allylic oxidation sites excluding steroid dienone is 2. The Morgan fingerprint density at radius 1 is 1.05 bits per heavy atom. The van der Waals surface area contributed by atoms with Gasteiger partial charge in [0.15, 0.2) is 29.6 Å². The van der Waals surface area contributed by atoms with Gasteiger partial charge in [-0.3, -0.25) is 33.1 Å². The Labute approximate surface area is 239 Å². The monoisotopic (exact) mass is 588 g/mol. The van der Waals surface area contributed by atoms with E-state index in [1.807, 2.05) is 0 Å². The largest absolute Gasteiger partial charge is 0.463 e. The summed E-state index contributed by atoms with van der Waals surface area (Å²) in [6.45, 7) is 3.25. The number of esters is 3. The molecule has 2 aromatic heterocycles. The highest BCUT2D eigenvalue weighted by Crippen LogP contribution is 2.31. The van der Waals surface area contributed by atoms with Gasteiger partial charge in [0.2, 0.25) is 5.91 Å². The van der Waals surface area contributed by atoms with Gasteiger partial charge in [0.05, 0.1) is 12.9 Å². The van der Waals surface area contributed by atoms with E-state index in [4.69, 9.17) is 18.9 Å². The maximum absolute atomic E-state index is 13.0. The lowest BCUT2D eigenvalue weighted by molar-refractivity contribution is -0.167. The Balaban J connectivity index is 1.46. The van der Waals surface area contributed by atoms with Gasteiger partial charge in [-0.1, -0.05) is 6.08 Å². The number of hydrogen-bond donors (Lipinski definition) is 1. The van der Waals surface area contributed by atoms with Gasteiger partial charge in [0.25, 0.3) is 5.56 Å². The van der Waals surface area contributed by atoms with Crippen LogP contribution in [0.15, 0.2) is 39.8 Å². The number of rotatable bonds is 9. The third-order valence-corrected chi connectivity index (χ3v) is 6.71. The summed E-state index contributed by atoms with van der Waals surface area (Å²) in [6.07, 6.45) is 2.12. The van der Waals surface area contributed by atoms with Gasteiger partial charge in [-0.25, -0.2) is 9.78 Å². The minimum atomic E-state index is -1.09. The van der Waals surface area contributed by atoms with E-state index < -0.39 is 59.6 Å². The average Bonchev–Trinajstić information content (AvgIpc) is 3.47. The number of nitrogens with one attached hydrogen (secondary N) is 1. The second-order valence-corrected chi connectivity index (χ2v) is 9.80. The quantitative estimate of drug-likeness (QED) is 0.264. The number of fused-ring (bicyclic) bond motifs is 1. The van der Waals surface area contributed by atoms with Crippen molar-refractivity contribution in [1.29, 1.82) is 0 Å². The van der Waals surface area contributed by atoms with Crippen molar-refractivity contribution < 1.29 is 38.1 Å². The van der Waals surface area contributed by atoms with Gasteiger partial charge in [0.1, 0.15) is 12.7 Å². The molecule has 0 unspecified atom stereocenters. The van der Waals surface area contributed by atoms with Crippen molar-refractivity contribution >= 4 is 35.0 Å². The lowest BCUT2D eigenvalue weighted by Crippen LogP contribution is -2.47.